The molecule has 1 saturated carbocycles. The van der Waals surface area contributed by atoms with Crippen LogP contribution in [0.5, 0.6) is 0 Å². The summed E-state index contributed by atoms with van der Waals surface area (Å²) in [4.78, 5) is 0. The fourth-order valence-electron chi connectivity index (χ4n) is 2.61. The smallest absolute Gasteiger partial charge is 0.0731 e. The van der Waals surface area contributed by atoms with Crippen LogP contribution in [-0.2, 0) is 11.3 Å². The van der Waals surface area contributed by atoms with Crippen LogP contribution in [0.4, 0.5) is 0 Å². The lowest BCUT2D eigenvalue weighted by Gasteiger charge is -2.35. The lowest BCUT2D eigenvalue weighted by molar-refractivity contribution is 0.0257. The Morgan fingerprint density at radius 2 is 1.89 bits per heavy atom. The van der Waals surface area contributed by atoms with E-state index in [0.29, 0.717) is 12.0 Å². The van der Waals surface area contributed by atoms with Crippen LogP contribution >= 0.6 is 27.5 Å². The van der Waals surface area contributed by atoms with Gasteiger partial charge in [-0.05, 0) is 24.5 Å². The average molecular weight is 332 g/mol. The Morgan fingerprint density at radius 1 is 1.17 bits per heavy atom. The van der Waals surface area contributed by atoms with Crippen molar-refractivity contribution >= 4 is 27.5 Å². The normalized spacial score (nSPS) is 18.8. The van der Waals surface area contributed by atoms with Crippen LogP contribution in [0.15, 0.2) is 24.3 Å². The Morgan fingerprint density at radius 3 is 2.56 bits per heavy atom. The lowest BCUT2D eigenvalue weighted by Crippen LogP contribution is -2.31. The van der Waals surface area contributed by atoms with Crippen LogP contribution in [0.25, 0.3) is 0 Å². The zero-order valence-corrected chi connectivity index (χ0v) is 13.0. The maximum atomic E-state index is 6.13. The number of benzene rings is 1. The molecule has 0 aliphatic heterocycles. The van der Waals surface area contributed by atoms with E-state index < -0.39 is 0 Å². The van der Waals surface area contributed by atoms with Crippen LogP contribution < -0.4 is 0 Å². The van der Waals surface area contributed by atoms with Crippen molar-refractivity contribution < 1.29 is 4.74 Å². The summed E-state index contributed by atoms with van der Waals surface area (Å²) in [7, 11) is 0. The van der Waals surface area contributed by atoms with Crippen molar-refractivity contribution in [3.8, 4) is 0 Å². The first-order valence-electron chi connectivity index (χ1n) is 6.63. The molecule has 1 fully saturated rings. The largest absolute Gasteiger partial charge is 0.376 e. The Balaban J connectivity index is 1.85. The van der Waals surface area contributed by atoms with E-state index in [2.05, 4.69) is 15.9 Å². The van der Waals surface area contributed by atoms with E-state index in [1.807, 2.05) is 24.3 Å². The first-order valence-corrected chi connectivity index (χ1v) is 8.13. The number of rotatable bonds is 5. The first-order chi connectivity index (χ1) is 8.76. The summed E-state index contributed by atoms with van der Waals surface area (Å²) in [6.07, 6.45) is 6.60. The SMILES string of the molecule is Clc1ccccc1COCC1(CBr)CCCCC1. The van der Waals surface area contributed by atoms with E-state index in [0.717, 1.165) is 22.5 Å². The lowest BCUT2D eigenvalue weighted by atomic mass is 9.76. The monoisotopic (exact) mass is 330 g/mol. The summed E-state index contributed by atoms with van der Waals surface area (Å²) in [6, 6.07) is 7.91. The quantitative estimate of drug-likeness (QED) is 0.674. The molecule has 0 saturated heterocycles. The maximum Gasteiger partial charge on any atom is 0.0731 e. The molecular weight excluding hydrogens is 312 g/mol. The number of hydrogen-bond donors (Lipinski definition) is 0. The highest BCUT2D eigenvalue weighted by Crippen LogP contribution is 2.38. The predicted molar refractivity (Wildman–Crippen MR) is 80.4 cm³/mol. The summed E-state index contributed by atoms with van der Waals surface area (Å²) in [5, 5.41) is 1.84. The maximum absolute atomic E-state index is 6.13. The van der Waals surface area contributed by atoms with Crippen molar-refractivity contribution in [3.05, 3.63) is 34.9 Å². The third-order valence-corrected chi connectivity index (χ3v) is 5.38. The molecule has 1 aliphatic carbocycles. The molecule has 2 rings (SSSR count). The molecule has 0 N–H and O–H groups in total. The Kier molecular flexibility index (Phi) is 5.53. The molecule has 1 aromatic rings. The van der Waals surface area contributed by atoms with Crippen molar-refractivity contribution in [1.82, 2.24) is 0 Å². The van der Waals surface area contributed by atoms with E-state index in [4.69, 9.17) is 16.3 Å². The Hall–Kier alpha value is -0.0500. The minimum atomic E-state index is 0.347. The molecule has 0 bridgehead atoms. The van der Waals surface area contributed by atoms with E-state index in [1.165, 1.54) is 32.1 Å². The van der Waals surface area contributed by atoms with Gasteiger partial charge in [-0.25, -0.2) is 0 Å². The van der Waals surface area contributed by atoms with Crippen LogP contribution in [-0.4, -0.2) is 11.9 Å². The highest BCUT2D eigenvalue weighted by molar-refractivity contribution is 9.09. The summed E-state index contributed by atoms with van der Waals surface area (Å²) in [6.45, 7) is 1.46. The molecule has 0 spiro atoms. The van der Waals surface area contributed by atoms with Crippen LogP contribution in [0, 0.1) is 5.41 Å². The molecule has 0 unspecified atom stereocenters. The second kappa shape index (κ2) is 6.93. The molecule has 100 valence electrons. The van der Waals surface area contributed by atoms with Crippen molar-refractivity contribution in [2.45, 2.75) is 38.7 Å². The molecule has 0 amide bonds. The second-order valence-electron chi connectivity index (χ2n) is 5.28. The van der Waals surface area contributed by atoms with Gasteiger partial charge in [0.15, 0.2) is 0 Å². The Labute approximate surface area is 123 Å². The topological polar surface area (TPSA) is 9.23 Å². The van der Waals surface area contributed by atoms with E-state index in [9.17, 15) is 0 Å². The van der Waals surface area contributed by atoms with E-state index in [-0.39, 0.29) is 0 Å². The molecule has 0 atom stereocenters. The zero-order valence-electron chi connectivity index (χ0n) is 10.6. The van der Waals surface area contributed by atoms with Gasteiger partial charge in [-0.2, -0.15) is 0 Å². The van der Waals surface area contributed by atoms with E-state index >= 15 is 0 Å². The minimum absolute atomic E-state index is 0.347. The summed E-state index contributed by atoms with van der Waals surface area (Å²) in [5.74, 6) is 0. The van der Waals surface area contributed by atoms with Crippen LogP contribution in [0.2, 0.25) is 5.02 Å². The fraction of sp³-hybridized carbons (Fsp3) is 0.600. The van der Waals surface area contributed by atoms with Gasteiger partial charge in [-0.1, -0.05) is 65.0 Å². The van der Waals surface area contributed by atoms with Crippen molar-refractivity contribution in [1.29, 1.82) is 0 Å². The van der Waals surface area contributed by atoms with Gasteiger partial charge in [0.05, 0.1) is 13.2 Å². The van der Waals surface area contributed by atoms with Crippen LogP contribution in [0.1, 0.15) is 37.7 Å². The molecule has 0 radical (unpaired) electrons. The van der Waals surface area contributed by atoms with Gasteiger partial charge in [-0.3, -0.25) is 0 Å². The van der Waals surface area contributed by atoms with Crippen molar-refractivity contribution in [2.75, 3.05) is 11.9 Å². The van der Waals surface area contributed by atoms with Gasteiger partial charge in [0.25, 0.3) is 0 Å². The zero-order chi connectivity index (χ0) is 12.8. The molecule has 0 heterocycles. The summed E-state index contributed by atoms with van der Waals surface area (Å²) < 4.78 is 5.92. The van der Waals surface area contributed by atoms with Crippen molar-refractivity contribution in [2.24, 2.45) is 5.41 Å². The van der Waals surface area contributed by atoms with Gasteiger partial charge >= 0.3 is 0 Å². The van der Waals surface area contributed by atoms with Gasteiger partial charge in [-0.15, -0.1) is 0 Å². The molecule has 1 aliphatic rings. The highest BCUT2D eigenvalue weighted by Gasteiger charge is 2.31. The first kappa shape index (κ1) is 14.4. The van der Waals surface area contributed by atoms with Gasteiger partial charge in [0.1, 0.15) is 0 Å². The average Bonchev–Trinajstić information content (AvgIpc) is 2.42. The number of ether oxygens (including phenoxy) is 1. The van der Waals surface area contributed by atoms with Crippen molar-refractivity contribution in [3.63, 3.8) is 0 Å². The fourth-order valence-corrected chi connectivity index (χ4v) is 3.52. The standard InChI is InChI=1S/C15H20BrClO/c16-11-15(8-4-1-5-9-15)12-18-10-13-6-2-3-7-14(13)17/h2-3,6-7H,1,4-5,8-12H2. The molecule has 1 aromatic carbocycles. The predicted octanol–water partition coefficient (Wildman–Crippen LogP) is 5.20. The van der Waals surface area contributed by atoms with Gasteiger partial charge in [0.2, 0.25) is 0 Å². The number of halogens is 2. The second-order valence-corrected chi connectivity index (χ2v) is 6.25. The highest BCUT2D eigenvalue weighted by atomic mass is 79.9. The number of alkyl halides is 1. The van der Waals surface area contributed by atoms with E-state index in [1.54, 1.807) is 0 Å². The molecule has 18 heavy (non-hydrogen) atoms. The third-order valence-electron chi connectivity index (χ3n) is 3.82. The van der Waals surface area contributed by atoms with Gasteiger partial charge in [0, 0.05) is 15.8 Å². The summed E-state index contributed by atoms with van der Waals surface area (Å²) >= 11 is 9.79. The molecule has 0 aromatic heterocycles. The number of hydrogen-bond acceptors (Lipinski definition) is 1. The summed E-state index contributed by atoms with van der Waals surface area (Å²) in [5.41, 5.74) is 1.43. The molecule has 1 nitrogen and oxygen atoms in total. The molecule has 3 heteroatoms. The minimum Gasteiger partial charge on any atom is -0.376 e. The Bertz CT molecular complexity index is 375. The van der Waals surface area contributed by atoms with Crippen LogP contribution in [0.3, 0.4) is 0 Å². The van der Waals surface area contributed by atoms with Gasteiger partial charge < -0.3 is 4.74 Å². The third kappa shape index (κ3) is 3.72. The molecular formula is C15H20BrClO.